The maximum atomic E-state index is 5.25. The van der Waals surface area contributed by atoms with Crippen molar-refractivity contribution in [2.24, 2.45) is 0 Å². The fraction of sp³-hybridized carbons (Fsp3) is 0.409. The Balaban J connectivity index is 1.58. The Kier molecular flexibility index (Phi) is 4.05. The van der Waals surface area contributed by atoms with Gasteiger partial charge < -0.3 is 10.1 Å². The van der Waals surface area contributed by atoms with E-state index in [1.54, 1.807) is 25.2 Å². The van der Waals surface area contributed by atoms with E-state index >= 15 is 0 Å². The lowest BCUT2D eigenvalue weighted by molar-refractivity contribution is 0.276. The molecule has 3 aromatic rings. The molecule has 7 heteroatoms. The first-order valence-corrected chi connectivity index (χ1v) is 10.7. The molecule has 2 aromatic heterocycles. The zero-order valence-electron chi connectivity index (χ0n) is 17.4. The number of hydrogen-bond acceptors (Lipinski definition) is 6. The minimum atomic E-state index is -0.0603. The van der Waals surface area contributed by atoms with Crippen LogP contribution in [0.3, 0.4) is 0 Å². The Hall–Kier alpha value is -2.38. The van der Waals surface area contributed by atoms with Crippen molar-refractivity contribution in [3.63, 3.8) is 0 Å². The molecule has 0 amide bonds. The third-order valence-corrected chi connectivity index (χ3v) is 7.12. The molecule has 1 N–H and O–H groups in total. The zero-order valence-corrected chi connectivity index (χ0v) is 18.2. The van der Waals surface area contributed by atoms with E-state index in [0.717, 1.165) is 34.8 Å². The molecule has 0 radical (unpaired) electrons. The summed E-state index contributed by atoms with van der Waals surface area (Å²) >= 11 is 1.78. The lowest BCUT2D eigenvalue weighted by Gasteiger charge is -2.46. The molecule has 5 rings (SSSR count). The quantitative estimate of drug-likeness (QED) is 0.641. The summed E-state index contributed by atoms with van der Waals surface area (Å²) in [6.07, 6.45) is 3.68. The van der Waals surface area contributed by atoms with E-state index in [2.05, 4.69) is 38.1 Å². The lowest BCUT2D eigenvalue weighted by Crippen LogP contribution is -2.56. The van der Waals surface area contributed by atoms with Crippen LogP contribution in [-0.2, 0) is 6.42 Å². The lowest BCUT2D eigenvalue weighted by atomic mass is 9.81. The molecule has 0 saturated heterocycles. The fourth-order valence-corrected chi connectivity index (χ4v) is 5.83. The van der Waals surface area contributed by atoms with Gasteiger partial charge in [0.15, 0.2) is 11.5 Å². The molecule has 2 aliphatic rings. The van der Waals surface area contributed by atoms with Crippen LogP contribution in [0, 0.1) is 0 Å². The molecule has 0 bridgehead atoms. The van der Waals surface area contributed by atoms with Gasteiger partial charge in [-0.2, -0.15) is 0 Å². The van der Waals surface area contributed by atoms with Crippen molar-refractivity contribution in [1.29, 1.82) is 0 Å². The predicted octanol–water partition coefficient (Wildman–Crippen LogP) is 4.25. The van der Waals surface area contributed by atoms with Gasteiger partial charge in [-0.05, 0) is 58.4 Å². The summed E-state index contributed by atoms with van der Waals surface area (Å²) in [5.74, 6) is 1.53. The predicted molar refractivity (Wildman–Crippen MR) is 115 cm³/mol. The van der Waals surface area contributed by atoms with Gasteiger partial charge in [-0.15, -0.1) is 5.10 Å². The second kappa shape index (κ2) is 6.31. The van der Waals surface area contributed by atoms with Crippen LogP contribution in [0.2, 0.25) is 0 Å². The molecule has 6 nitrogen and oxygen atoms in total. The first-order valence-electron chi connectivity index (χ1n) is 9.84. The van der Waals surface area contributed by atoms with Gasteiger partial charge in [0.05, 0.1) is 7.11 Å². The number of fused-ring (bicyclic) bond motifs is 3. The highest BCUT2D eigenvalue weighted by atomic mass is 32.2. The highest BCUT2D eigenvalue weighted by molar-refractivity contribution is 8.03. The molecular formula is C22H25N5OS. The van der Waals surface area contributed by atoms with Crippen LogP contribution in [0.5, 0.6) is 5.75 Å². The minimum absolute atomic E-state index is 0.0603. The van der Waals surface area contributed by atoms with E-state index in [0.29, 0.717) is 5.82 Å². The van der Waals surface area contributed by atoms with Crippen molar-refractivity contribution < 1.29 is 4.74 Å². The summed E-state index contributed by atoms with van der Waals surface area (Å²) in [5.41, 5.74) is 4.54. The highest BCUT2D eigenvalue weighted by Gasteiger charge is 2.41. The van der Waals surface area contributed by atoms with Gasteiger partial charge in [0.25, 0.3) is 0 Å². The van der Waals surface area contributed by atoms with Crippen LogP contribution in [0.15, 0.2) is 46.1 Å². The average molecular weight is 408 g/mol. The Morgan fingerprint density at radius 2 is 1.90 bits per heavy atom. The van der Waals surface area contributed by atoms with Crippen LogP contribution in [0.25, 0.3) is 17.0 Å². The number of methoxy groups -OCH3 is 1. The van der Waals surface area contributed by atoms with Gasteiger partial charge in [0, 0.05) is 33.5 Å². The molecule has 150 valence electrons. The summed E-state index contributed by atoms with van der Waals surface area (Å²) in [4.78, 5) is 11.0. The zero-order chi connectivity index (χ0) is 20.4. The first kappa shape index (κ1) is 18.6. The summed E-state index contributed by atoms with van der Waals surface area (Å²) < 4.78 is 7.06. The van der Waals surface area contributed by atoms with Crippen molar-refractivity contribution in [2.45, 2.75) is 56.6 Å². The van der Waals surface area contributed by atoms with Gasteiger partial charge in [-0.1, -0.05) is 17.3 Å². The first-order chi connectivity index (χ1) is 13.8. The van der Waals surface area contributed by atoms with E-state index in [-0.39, 0.29) is 11.1 Å². The molecule has 4 heterocycles. The maximum Gasteiger partial charge on any atom is 0.182 e. The Bertz CT molecular complexity index is 1140. The van der Waals surface area contributed by atoms with Crippen molar-refractivity contribution in [3.05, 3.63) is 46.6 Å². The van der Waals surface area contributed by atoms with Gasteiger partial charge in [0.2, 0.25) is 0 Å². The summed E-state index contributed by atoms with van der Waals surface area (Å²) in [7, 11) is 1.67. The van der Waals surface area contributed by atoms with E-state index < -0.39 is 0 Å². The topological polar surface area (TPSA) is 64.3 Å². The molecule has 0 unspecified atom stereocenters. The third kappa shape index (κ3) is 3.13. The highest BCUT2D eigenvalue weighted by Crippen LogP contribution is 2.48. The number of nitrogens with one attached hydrogen (secondary N) is 1. The van der Waals surface area contributed by atoms with E-state index in [4.69, 9.17) is 14.7 Å². The van der Waals surface area contributed by atoms with Crippen molar-refractivity contribution >= 4 is 17.4 Å². The largest absolute Gasteiger partial charge is 0.497 e. The molecule has 0 fully saturated rings. The average Bonchev–Trinajstić information content (AvgIpc) is 3.10. The minimum Gasteiger partial charge on any atom is -0.497 e. The number of thioether (sulfide) groups is 1. The summed E-state index contributed by atoms with van der Waals surface area (Å²) in [6, 6.07) is 7.84. The normalized spacial score (nSPS) is 19.8. The van der Waals surface area contributed by atoms with Crippen LogP contribution in [0.1, 0.15) is 39.7 Å². The molecule has 1 aromatic carbocycles. The molecule has 0 atom stereocenters. The van der Waals surface area contributed by atoms with Crippen molar-refractivity contribution in [3.8, 4) is 17.1 Å². The summed E-state index contributed by atoms with van der Waals surface area (Å²) in [6.45, 7) is 9.07. The third-order valence-electron chi connectivity index (χ3n) is 5.58. The Morgan fingerprint density at radius 3 is 2.62 bits per heavy atom. The van der Waals surface area contributed by atoms with Crippen molar-refractivity contribution in [1.82, 2.24) is 24.9 Å². The number of benzene rings is 1. The van der Waals surface area contributed by atoms with Crippen molar-refractivity contribution in [2.75, 3.05) is 7.11 Å². The number of rotatable bonds is 2. The van der Waals surface area contributed by atoms with Crippen LogP contribution in [-0.4, -0.2) is 37.8 Å². The van der Waals surface area contributed by atoms with Gasteiger partial charge in [-0.25, -0.2) is 14.5 Å². The van der Waals surface area contributed by atoms with Crippen LogP contribution >= 0.6 is 11.8 Å². The van der Waals surface area contributed by atoms with Gasteiger partial charge in [-0.3, -0.25) is 0 Å². The van der Waals surface area contributed by atoms with E-state index in [1.165, 1.54) is 16.0 Å². The SMILES string of the molecule is COc1ccc(-c2nc3c4c(ncn3n2)SC2=C(C4)CC(C)(C)NC2(C)C)cc1. The number of aromatic nitrogens is 4. The number of ether oxygens (including phenoxy) is 1. The molecular weight excluding hydrogens is 382 g/mol. The number of nitrogens with zero attached hydrogens (tertiary/aromatic N) is 4. The van der Waals surface area contributed by atoms with Crippen LogP contribution < -0.4 is 10.1 Å². The monoisotopic (exact) mass is 407 g/mol. The Morgan fingerprint density at radius 1 is 1.14 bits per heavy atom. The molecule has 29 heavy (non-hydrogen) atoms. The standard InChI is InChI=1S/C22H25N5OS/c1-21(2)11-14-10-16-19-24-18(13-6-8-15(28-5)9-7-13)25-27(19)12-23-20(16)29-17(14)22(3,4)26-21/h6-9,12,26H,10-11H2,1-5H3. The Labute approximate surface area is 174 Å². The van der Waals surface area contributed by atoms with E-state index in [9.17, 15) is 0 Å². The maximum absolute atomic E-state index is 5.25. The summed E-state index contributed by atoms with van der Waals surface area (Å²) in [5, 5.41) is 9.50. The molecule has 0 saturated carbocycles. The fourth-order valence-electron chi connectivity index (χ4n) is 4.65. The second-order valence-electron chi connectivity index (χ2n) is 8.98. The second-order valence-corrected chi connectivity index (χ2v) is 9.98. The smallest absolute Gasteiger partial charge is 0.182 e. The molecule has 2 aliphatic heterocycles. The van der Waals surface area contributed by atoms with Crippen LogP contribution in [0.4, 0.5) is 0 Å². The number of hydrogen-bond donors (Lipinski definition) is 1. The molecule has 0 spiro atoms. The van der Waals surface area contributed by atoms with E-state index in [1.807, 2.05) is 28.8 Å². The van der Waals surface area contributed by atoms with Gasteiger partial charge >= 0.3 is 0 Å². The molecule has 0 aliphatic carbocycles. The van der Waals surface area contributed by atoms with Gasteiger partial charge in [0.1, 0.15) is 17.1 Å².